The van der Waals surface area contributed by atoms with Crippen molar-refractivity contribution in [2.75, 3.05) is 24.3 Å². The number of nitro groups is 1. The maximum absolute atomic E-state index is 11.2. The lowest BCUT2D eigenvalue weighted by atomic mass is 9.75. The number of rotatable bonds is 4. The number of nitrogens with zero attached hydrogens (tertiary/aromatic N) is 4. The molecule has 0 spiro atoms. The Kier molecular flexibility index (Phi) is 4.29. The van der Waals surface area contributed by atoms with Crippen molar-refractivity contribution in [3.05, 3.63) is 16.3 Å². The molecule has 0 radical (unpaired) electrons. The zero-order chi connectivity index (χ0) is 15.6. The Labute approximate surface area is 124 Å². The Hall–Kier alpha value is -1.92. The maximum atomic E-state index is 11.2. The lowest BCUT2D eigenvalue weighted by Gasteiger charge is -2.38. The van der Waals surface area contributed by atoms with Gasteiger partial charge < -0.3 is 10.2 Å². The number of nitrogens with one attached hydrogen (secondary N) is 1. The van der Waals surface area contributed by atoms with Crippen LogP contribution in [0.15, 0.2) is 6.20 Å². The molecule has 1 aromatic heterocycles. The maximum Gasteiger partial charge on any atom is 0.329 e. The fourth-order valence-corrected chi connectivity index (χ4v) is 2.82. The smallest absolute Gasteiger partial charge is 0.329 e. The fraction of sp³-hybridized carbons (Fsp3) is 0.714. The summed E-state index contributed by atoms with van der Waals surface area (Å²) in [5.74, 6) is 0.794. The predicted octanol–water partition coefficient (Wildman–Crippen LogP) is 2.83. The van der Waals surface area contributed by atoms with Gasteiger partial charge in [-0.25, -0.2) is 4.98 Å². The van der Waals surface area contributed by atoms with Gasteiger partial charge in [-0.05, 0) is 31.1 Å². The van der Waals surface area contributed by atoms with Crippen LogP contribution in [0.25, 0.3) is 0 Å². The Morgan fingerprint density at radius 3 is 2.57 bits per heavy atom. The van der Waals surface area contributed by atoms with E-state index in [1.54, 1.807) is 7.05 Å². The van der Waals surface area contributed by atoms with E-state index in [9.17, 15) is 10.1 Å². The Morgan fingerprint density at radius 2 is 2.05 bits per heavy atom. The molecule has 1 N–H and O–H groups in total. The lowest BCUT2D eigenvalue weighted by molar-refractivity contribution is -0.384. The molecule has 116 valence electrons. The lowest BCUT2D eigenvalue weighted by Crippen LogP contribution is -2.38. The van der Waals surface area contributed by atoms with Crippen molar-refractivity contribution in [1.29, 1.82) is 0 Å². The highest BCUT2D eigenvalue weighted by Gasteiger charge is 2.32. The van der Waals surface area contributed by atoms with Crippen LogP contribution in [0.4, 0.5) is 17.5 Å². The first-order valence-electron chi connectivity index (χ1n) is 7.26. The van der Waals surface area contributed by atoms with E-state index < -0.39 is 4.92 Å². The zero-order valence-corrected chi connectivity index (χ0v) is 13.1. The molecule has 0 saturated heterocycles. The highest BCUT2D eigenvalue weighted by atomic mass is 16.6. The third-order valence-electron chi connectivity index (χ3n) is 4.36. The molecule has 0 atom stereocenters. The predicted molar refractivity (Wildman–Crippen MR) is 82.7 cm³/mol. The molecule has 1 saturated carbocycles. The van der Waals surface area contributed by atoms with E-state index in [4.69, 9.17) is 0 Å². The zero-order valence-electron chi connectivity index (χ0n) is 13.1. The summed E-state index contributed by atoms with van der Waals surface area (Å²) in [6, 6.07) is 0.288. The quantitative estimate of drug-likeness (QED) is 0.678. The molecule has 1 aliphatic rings. The van der Waals surface area contributed by atoms with Crippen LogP contribution in [0.1, 0.15) is 39.5 Å². The van der Waals surface area contributed by atoms with E-state index in [2.05, 4.69) is 29.1 Å². The molecule has 7 heteroatoms. The number of anilines is 2. The summed E-state index contributed by atoms with van der Waals surface area (Å²) >= 11 is 0. The van der Waals surface area contributed by atoms with Gasteiger partial charge in [0.15, 0.2) is 0 Å². The first-order valence-corrected chi connectivity index (χ1v) is 7.26. The van der Waals surface area contributed by atoms with E-state index in [0.717, 1.165) is 25.7 Å². The fourth-order valence-electron chi connectivity index (χ4n) is 2.82. The van der Waals surface area contributed by atoms with Crippen molar-refractivity contribution in [2.24, 2.45) is 5.41 Å². The summed E-state index contributed by atoms with van der Waals surface area (Å²) in [4.78, 5) is 20.9. The normalized spacial score (nSPS) is 18.3. The summed E-state index contributed by atoms with van der Waals surface area (Å²) in [6.07, 6.45) is 5.58. The Bertz CT molecular complexity index is 522. The molecular formula is C14H23N5O2. The van der Waals surface area contributed by atoms with Crippen molar-refractivity contribution in [3.8, 4) is 0 Å². The van der Waals surface area contributed by atoms with Crippen molar-refractivity contribution in [1.82, 2.24) is 9.97 Å². The average molecular weight is 293 g/mol. The van der Waals surface area contributed by atoms with Crippen LogP contribution in [-0.2, 0) is 0 Å². The van der Waals surface area contributed by atoms with E-state index in [-0.39, 0.29) is 11.7 Å². The third-order valence-corrected chi connectivity index (χ3v) is 4.36. The van der Waals surface area contributed by atoms with E-state index in [0.29, 0.717) is 17.2 Å². The van der Waals surface area contributed by atoms with Crippen LogP contribution in [-0.4, -0.2) is 35.0 Å². The van der Waals surface area contributed by atoms with Gasteiger partial charge in [-0.2, -0.15) is 4.98 Å². The van der Waals surface area contributed by atoms with Crippen LogP contribution in [0.5, 0.6) is 0 Å². The van der Waals surface area contributed by atoms with Crippen LogP contribution in [0.2, 0.25) is 0 Å². The standard InChI is InChI=1S/C14H23N5O2/c1-14(2)7-5-10(6-8-14)18(4)12-11(19(20)21)9-16-13(15-3)17-12/h9-10H,5-8H2,1-4H3,(H,15,16,17). The molecule has 2 rings (SSSR count). The highest BCUT2D eigenvalue weighted by Crippen LogP contribution is 2.38. The SMILES string of the molecule is CNc1ncc([N+](=O)[O-])c(N(C)C2CCC(C)(C)CC2)n1. The minimum absolute atomic E-state index is 0.0404. The van der Waals surface area contributed by atoms with Crippen molar-refractivity contribution in [2.45, 2.75) is 45.6 Å². The molecule has 0 aliphatic heterocycles. The summed E-state index contributed by atoms with van der Waals surface area (Å²) in [5.41, 5.74) is 0.326. The summed E-state index contributed by atoms with van der Waals surface area (Å²) < 4.78 is 0. The van der Waals surface area contributed by atoms with Crippen molar-refractivity contribution in [3.63, 3.8) is 0 Å². The minimum Gasteiger partial charge on any atom is -0.357 e. The summed E-state index contributed by atoms with van der Waals surface area (Å²) in [7, 11) is 3.59. The molecule has 0 unspecified atom stereocenters. The molecule has 7 nitrogen and oxygen atoms in total. The summed E-state index contributed by atoms with van der Waals surface area (Å²) in [6.45, 7) is 4.55. The molecule has 0 aromatic carbocycles. The molecule has 0 bridgehead atoms. The van der Waals surface area contributed by atoms with Crippen LogP contribution >= 0.6 is 0 Å². The molecule has 1 fully saturated rings. The van der Waals surface area contributed by atoms with Crippen LogP contribution in [0.3, 0.4) is 0 Å². The first-order chi connectivity index (χ1) is 9.84. The molecule has 21 heavy (non-hydrogen) atoms. The van der Waals surface area contributed by atoms with E-state index in [1.165, 1.54) is 6.20 Å². The van der Waals surface area contributed by atoms with Gasteiger partial charge in [0.05, 0.1) is 4.92 Å². The molecule has 1 aromatic rings. The summed E-state index contributed by atoms with van der Waals surface area (Å²) in [5, 5.41) is 14.0. The average Bonchev–Trinajstić information content (AvgIpc) is 2.45. The van der Waals surface area contributed by atoms with Crippen molar-refractivity contribution >= 4 is 17.5 Å². The molecular weight excluding hydrogens is 270 g/mol. The third kappa shape index (κ3) is 3.40. The first kappa shape index (κ1) is 15.5. The Balaban J connectivity index is 2.25. The molecule has 1 heterocycles. The largest absolute Gasteiger partial charge is 0.357 e. The van der Waals surface area contributed by atoms with Gasteiger partial charge in [0.1, 0.15) is 6.20 Å². The topological polar surface area (TPSA) is 84.2 Å². The second-order valence-corrected chi connectivity index (χ2v) is 6.42. The van der Waals surface area contributed by atoms with Gasteiger partial charge in [0, 0.05) is 20.1 Å². The van der Waals surface area contributed by atoms with Gasteiger partial charge in [-0.1, -0.05) is 13.8 Å². The van der Waals surface area contributed by atoms with Crippen LogP contribution in [0, 0.1) is 15.5 Å². The minimum atomic E-state index is -0.419. The second-order valence-electron chi connectivity index (χ2n) is 6.42. The molecule has 0 amide bonds. The number of hydrogen-bond acceptors (Lipinski definition) is 6. The van der Waals surface area contributed by atoms with E-state index in [1.807, 2.05) is 11.9 Å². The van der Waals surface area contributed by atoms with Gasteiger partial charge in [0.2, 0.25) is 11.8 Å². The van der Waals surface area contributed by atoms with Gasteiger partial charge in [-0.15, -0.1) is 0 Å². The van der Waals surface area contributed by atoms with E-state index >= 15 is 0 Å². The Morgan fingerprint density at radius 1 is 1.43 bits per heavy atom. The number of hydrogen-bond donors (Lipinski definition) is 1. The number of aromatic nitrogens is 2. The van der Waals surface area contributed by atoms with Crippen molar-refractivity contribution < 1.29 is 4.92 Å². The molecule has 1 aliphatic carbocycles. The van der Waals surface area contributed by atoms with Gasteiger partial charge in [-0.3, -0.25) is 10.1 Å². The van der Waals surface area contributed by atoms with Crippen LogP contribution < -0.4 is 10.2 Å². The second kappa shape index (κ2) is 5.83. The monoisotopic (exact) mass is 293 g/mol. The van der Waals surface area contributed by atoms with Gasteiger partial charge in [0.25, 0.3) is 0 Å². The highest BCUT2D eigenvalue weighted by molar-refractivity contribution is 5.59. The van der Waals surface area contributed by atoms with Gasteiger partial charge >= 0.3 is 5.69 Å².